The average Bonchev–Trinajstić information content (AvgIpc) is 2.57. The minimum absolute atomic E-state index is 0.0187. The first-order valence-corrected chi connectivity index (χ1v) is 7.88. The molecule has 0 aliphatic carbocycles. The molecule has 1 aromatic heterocycles. The molecule has 0 saturated heterocycles. The molecule has 1 atom stereocenters. The van der Waals surface area contributed by atoms with Crippen molar-refractivity contribution in [2.45, 2.75) is 33.6 Å². The van der Waals surface area contributed by atoms with E-state index in [-0.39, 0.29) is 5.69 Å². The highest BCUT2D eigenvalue weighted by Crippen LogP contribution is 2.32. The van der Waals surface area contributed by atoms with Gasteiger partial charge in [0.25, 0.3) is 11.5 Å². The van der Waals surface area contributed by atoms with Crippen LogP contribution in [0.2, 0.25) is 0 Å². The van der Waals surface area contributed by atoms with Gasteiger partial charge in [0.1, 0.15) is 17.3 Å². The Kier molecular flexibility index (Phi) is 5.14. The minimum atomic E-state index is -0.441. The Morgan fingerprint density at radius 3 is 2.50 bits per heavy atom. The molecule has 1 heterocycles. The van der Waals surface area contributed by atoms with Crippen molar-refractivity contribution >= 4 is 11.5 Å². The smallest absolute Gasteiger partial charge is 0.286 e. The minimum Gasteiger partial charge on any atom is -0.286 e. The average molecular weight is 325 g/mol. The van der Waals surface area contributed by atoms with Gasteiger partial charge in [-0.3, -0.25) is 15.8 Å². The van der Waals surface area contributed by atoms with Gasteiger partial charge in [-0.1, -0.05) is 20.3 Å². The number of pyridine rings is 1. The normalized spacial score (nSPS) is 11.8. The van der Waals surface area contributed by atoms with E-state index in [4.69, 9.17) is 5.73 Å². The number of nitrogens with zero attached hydrogens (tertiary/aromatic N) is 2. The number of H-pyrrole nitrogens is 1. The number of nitrogen functional groups attached to an aromatic ring is 1. The standard InChI is InChI=1S/C18H20N4O2/c1-4-11(2)9-16-12(3)17(15(10-19)18(20)21-16)13-5-7-14(8-6-13)22(23)24/h5-8,11H,4,9H2,1-3H3,(H2,20,21)/p+1/t11-/m0/s1. The van der Waals surface area contributed by atoms with Crippen LogP contribution in [0.4, 0.5) is 11.5 Å². The molecule has 0 aliphatic rings. The summed E-state index contributed by atoms with van der Waals surface area (Å²) in [6.07, 6.45) is 1.87. The zero-order valence-corrected chi connectivity index (χ0v) is 14.1. The first-order valence-electron chi connectivity index (χ1n) is 7.88. The SMILES string of the molecule is CC[C@H](C)Cc1[nH+]c(N)c(C#N)c(-c2ccc([N+](=O)[O-])cc2)c1C. The first-order chi connectivity index (χ1) is 11.4. The Morgan fingerprint density at radius 2 is 2.00 bits per heavy atom. The van der Waals surface area contributed by atoms with Crippen LogP contribution in [0.15, 0.2) is 24.3 Å². The van der Waals surface area contributed by atoms with E-state index in [9.17, 15) is 15.4 Å². The highest BCUT2D eigenvalue weighted by molar-refractivity contribution is 5.77. The molecule has 24 heavy (non-hydrogen) atoms. The molecule has 0 fully saturated rings. The molecule has 0 bridgehead atoms. The van der Waals surface area contributed by atoms with Gasteiger partial charge < -0.3 is 0 Å². The number of nitrogens with one attached hydrogen (secondary N) is 1. The molecule has 0 aliphatic heterocycles. The van der Waals surface area contributed by atoms with Crippen LogP contribution in [0.5, 0.6) is 0 Å². The Bertz CT molecular complexity index is 807. The van der Waals surface area contributed by atoms with Gasteiger partial charge in [0.05, 0.1) is 4.92 Å². The lowest BCUT2D eigenvalue weighted by Crippen LogP contribution is -2.23. The van der Waals surface area contributed by atoms with Crippen LogP contribution >= 0.6 is 0 Å². The van der Waals surface area contributed by atoms with Crippen molar-refractivity contribution < 1.29 is 9.91 Å². The lowest BCUT2D eigenvalue weighted by molar-refractivity contribution is -0.384. The van der Waals surface area contributed by atoms with E-state index in [2.05, 4.69) is 24.9 Å². The fraction of sp³-hybridized carbons (Fsp3) is 0.333. The maximum Gasteiger partial charge on any atom is 0.289 e. The second-order valence-corrected chi connectivity index (χ2v) is 6.03. The van der Waals surface area contributed by atoms with E-state index in [1.54, 1.807) is 12.1 Å². The number of hydrogen-bond donors (Lipinski definition) is 1. The third-order valence-corrected chi connectivity index (χ3v) is 4.36. The molecule has 124 valence electrons. The monoisotopic (exact) mass is 325 g/mol. The molecular weight excluding hydrogens is 304 g/mol. The van der Waals surface area contributed by atoms with Crippen LogP contribution in [-0.4, -0.2) is 4.92 Å². The molecule has 0 unspecified atom stereocenters. The molecule has 2 aromatic rings. The number of non-ortho nitro benzene ring substituents is 1. The number of benzene rings is 1. The third kappa shape index (κ3) is 3.35. The van der Waals surface area contributed by atoms with Crippen LogP contribution in [-0.2, 0) is 6.42 Å². The van der Waals surface area contributed by atoms with Gasteiger partial charge in [-0.2, -0.15) is 5.26 Å². The summed E-state index contributed by atoms with van der Waals surface area (Å²) in [6.45, 7) is 6.24. The quantitative estimate of drug-likeness (QED) is 0.671. The van der Waals surface area contributed by atoms with Crippen LogP contribution in [0, 0.1) is 34.3 Å². The summed E-state index contributed by atoms with van der Waals surface area (Å²) in [4.78, 5) is 13.5. The van der Waals surface area contributed by atoms with E-state index < -0.39 is 4.92 Å². The second-order valence-electron chi connectivity index (χ2n) is 6.03. The van der Waals surface area contributed by atoms with E-state index in [1.807, 2.05) is 6.92 Å². The molecule has 0 radical (unpaired) electrons. The summed E-state index contributed by atoms with van der Waals surface area (Å²) < 4.78 is 0. The molecule has 6 nitrogen and oxygen atoms in total. The number of nitriles is 1. The van der Waals surface area contributed by atoms with Crippen LogP contribution in [0.1, 0.15) is 37.1 Å². The van der Waals surface area contributed by atoms with Crippen molar-refractivity contribution in [2.75, 3.05) is 5.73 Å². The van der Waals surface area contributed by atoms with E-state index >= 15 is 0 Å². The third-order valence-electron chi connectivity index (χ3n) is 4.36. The Labute approximate surface area is 141 Å². The van der Waals surface area contributed by atoms with E-state index in [0.29, 0.717) is 17.3 Å². The summed E-state index contributed by atoms with van der Waals surface area (Å²) >= 11 is 0. The number of nitro groups is 1. The van der Waals surface area contributed by atoms with Gasteiger partial charge in [0.2, 0.25) is 0 Å². The molecule has 6 heteroatoms. The largest absolute Gasteiger partial charge is 0.289 e. The molecule has 1 aromatic carbocycles. The summed E-state index contributed by atoms with van der Waals surface area (Å²) in [7, 11) is 0. The van der Waals surface area contributed by atoms with Crippen molar-refractivity contribution in [1.29, 1.82) is 5.26 Å². The van der Waals surface area contributed by atoms with Crippen molar-refractivity contribution in [2.24, 2.45) is 5.92 Å². The van der Waals surface area contributed by atoms with Gasteiger partial charge in [-0.25, -0.2) is 4.98 Å². The van der Waals surface area contributed by atoms with Crippen molar-refractivity contribution in [3.63, 3.8) is 0 Å². The molecule has 2 rings (SSSR count). The Morgan fingerprint density at radius 1 is 1.38 bits per heavy atom. The number of aromatic nitrogens is 1. The highest BCUT2D eigenvalue weighted by atomic mass is 16.6. The zero-order valence-electron chi connectivity index (χ0n) is 14.1. The number of anilines is 1. The summed E-state index contributed by atoms with van der Waals surface area (Å²) in [6, 6.07) is 8.35. The van der Waals surface area contributed by atoms with E-state index in [0.717, 1.165) is 35.2 Å². The number of nitrogens with two attached hydrogens (primary N) is 1. The van der Waals surface area contributed by atoms with Gasteiger partial charge >= 0.3 is 0 Å². The lowest BCUT2D eigenvalue weighted by atomic mass is 9.91. The van der Waals surface area contributed by atoms with Crippen molar-refractivity contribution in [3.8, 4) is 17.2 Å². The molecule has 0 spiro atoms. The van der Waals surface area contributed by atoms with Crippen molar-refractivity contribution in [3.05, 3.63) is 51.2 Å². The van der Waals surface area contributed by atoms with Crippen molar-refractivity contribution in [1.82, 2.24) is 0 Å². The number of hydrogen-bond acceptors (Lipinski definition) is 4. The molecule has 3 N–H and O–H groups in total. The Balaban J connectivity index is 2.62. The van der Waals surface area contributed by atoms with Gasteiger partial charge in [-0.15, -0.1) is 0 Å². The highest BCUT2D eigenvalue weighted by Gasteiger charge is 2.22. The van der Waals surface area contributed by atoms with Crippen LogP contribution in [0.3, 0.4) is 0 Å². The van der Waals surface area contributed by atoms with Crippen LogP contribution in [0.25, 0.3) is 11.1 Å². The summed E-state index contributed by atoms with van der Waals surface area (Å²) in [5, 5.41) is 20.3. The second kappa shape index (κ2) is 7.09. The topological polar surface area (TPSA) is 107 Å². The van der Waals surface area contributed by atoms with Crippen LogP contribution < -0.4 is 10.7 Å². The first kappa shape index (κ1) is 17.4. The summed E-state index contributed by atoms with van der Waals surface area (Å²) in [5.74, 6) is 0.812. The predicted octanol–water partition coefficient (Wildman–Crippen LogP) is 3.43. The van der Waals surface area contributed by atoms with Gasteiger partial charge in [0.15, 0.2) is 0 Å². The Hall–Kier alpha value is -2.94. The maximum atomic E-state index is 10.8. The fourth-order valence-corrected chi connectivity index (χ4v) is 2.72. The number of rotatable bonds is 5. The van der Waals surface area contributed by atoms with E-state index in [1.165, 1.54) is 12.1 Å². The number of aromatic amines is 1. The molecule has 0 saturated carbocycles. The molecule has 0 amide bonds. The predicted molar refractivity (Wildman–Crippen MR) is 92.1 cm³/mol. The maximum absolute atomic E-state index is 10.8. The zero-order chi connectivity index (χ0) is 17.9. The van der Waals surface area contributed by atoms with Gasteiger partial charge in [-0.05, 0) is 30.5 Å². The number of nitro benzene ring substituents is 1. The lowest BCUT2D eigenvalue weighted by Gasteiger charge is -2.14. The molecular formula is C18H21N4O2+. The summed E-state index contributed by atoms with van der Waals surface area (Å²) in [5.41, 5.74) is 9.87. The van der Waals surface area contributed by atoms with Gasteiger partial charge in [0, 0.05) is 29.7 Å². The fourth-order valence-electron chi connectivity index (χ4n) is 2.72.